The van der Waals surface area contributed by atoms with E-state index in [-0.39, 0.29) is 5.69 Å². The van der Waals surface area contributed by atoms with Gasteiger partial charge in [0.15, 0.2) is 0 Å². The third-order valence-electron chi connectivity index (χ3n) is 2.99. The van der Waals surface area contributed by atoms with Crippen LogP contribution in [0.2, 0.25) is 0 Å². The first-order valence-electron chi connectivity index (χ1n) is 6.53. The molecule has 2 rings (SSSR count). The van der Waals surface area contributed by atoms with Crippen molar-refractivity contribution in [3.63, 3.8) is 0 Å². The Morgan fingerprint density at radius 3 is 2.57 bits per heavy atom. The van der Waals surface area contributed by atoms with Gasteiger partial charge in [0.25, 0.3) is 5.69 Å². The van der Waals surface area contributed by atoms with Crippen molar-refractivity contribution in [1.82, 2.24) is 0 Å². The summed E-state index contributed by atoms with van der Waals surface area (Å²) in [6, 6.07) is 11.9. The molecule has 0 fully saturated rings. The van der Waals surface area contributed by atoms with Gasteiger partial charge in [-0.1, -0.05) is 0 Å². The highest BCUT2D eigenvalue weighted by Gasteiger charge is 2.07. The number of nitrogen functional groups attached to an aromatic ring is 1. The van der Waals surface area contributed by atoms with Crippen LogP contribution in [0.5, 0.6) is 5.75 Å². The molecule has 3 N–H and O–H groups in total. The Kier molecular flexibility index (Phi) is 4.61. The zero-order valence-corrected chi connectivity index (χ0v) is 11.7. The standard InChI is InChI=1S/C15H17N3O3/c1-11-10-13(18(19)20)4-7-15(11)17-8-9-21-14-5-2-12(16)3-6-14/h2-7,10,17H,8-9,16H2,1H3. The lowest BCUT2D eigenvalue weighted by atomic mass is 10.2. The largest absolute Gasteiger partial charge is 0.492 e. The maximum absolute atomic E-state index is 10.7. The highest BCUT2D eigenvalue weighted by atomic mass is 16.6. The van der Waals surface area contributed by atoms with Gasteiger partial charge in [0.2, 0.25) is 0 Å². The van der Waals surface area contributed by atoms with Crippen LogP contribution in [0.25, 0.3) is 0 Å². The molecule has 0 unspecified atom stereocenters. The highest BCUT2D eigenvalue weighted by Crippen LogP contribution is 2.21. The van der Waals surface area contributed by atoms with E-state index in [0.29, 0.717) is 18.8 Å². The van der Waals surface area contributed by atoms with Crippen LogP contribution in [0.15, 0.2) is 42.5 Å². The van der Waals surface area contributed by atoms with Crippen LogP contribution in [0, 0.1) is 17.0 Å². The Hall–Kier alpha value is -2.76. The van der Waals surface area contributed by atoms with Crippen molar-refractivity contribution in [2.75, 3.05) is 24.2 Å². The van der Waals surface area contributed by atoms with Crippen LogP contribution < -0.4 is 15.8 Å². The number of nitrogens with two attached hydrogens (primary N) is 1. The summed E-state index contributed by atoms with van der Waals surface area (Å²) in [6.07, 6.45) is 0. The molecule has 0 saturated carbocycles. The number of ether oxygens (including phenoxy) is 1. The summed E-state index contributed by atoms with van der Waals surface area (Å²) < 4.78 is 5.56. The van der Waals surface area contributed by atoms with Gasteiger partial charge >= 0.3 is 0 Å². The van der Waals surface area contributed by atoms with Gasteiger partial charge in [-0.3, -0.25) is 10.1 Å². The summed E-state index contributed by atoms with van der Waals surface area (Å²) in [5.41, 5.74) is 8.07. The summed E-state index contributed by atoms with van der Waals surface area (Å²) in [5, 5.41) is 13.9. The Labute approximate surface area is 122 Å². The van der Waals surface area contributed by atoms with Gasteiger partial charge in [-0.25, -0.2) is 0 Å². The van der Waals surface area contributed by atoms with Crippen molar-refractivity contribution in [3.05, 3.63) is 58.1 Å². The Bertz CT molecular complexity index is 627. The molecule has 6 nitrogen and oxygen atoms in total. The van der Waals surface area contributed by atoms with Crippen LogP contribution in [-0.4, -0.2) is 18.1 Å². The number of aryl methyl sites for hydroxylation is 1. The fraction of sp³-hybridized carbons (Fsp3) is 0.200. The van der Waals surface area contributed by atoms with E-state index in [2.05, 4.69) is 5.32 Å². The molecule has 0 amide bonds. The first kappa shape index (κ1) is 14.6. The van der Waals surface area contributed by atoms with Crippen molar-refractivity contribution < 1.29 is 9.66 Å². The van der Waals surface area contributed by atoms with Gasteiger partial charge in [0.05, 0.1) is 4.92 Å². The SMILES string of the molecule is Cc1cc([N+](=O)[O-])ccc1NCCOc1ccc(N)cc1. The minimum Gasteiger partial charge on any atom is -0.492 e. The number of rotatable bonds is 6. The smallest absolute Gasteiger partial charge is 0.269 e. The number of hydrogen-bond donors (Lipinski definition) is 2. The van der Waals surface area contributed by atoms with Gasteiger partial charge in [0, 0.05) is 30.1 Å². The molecule has 0 saturated heterocycles. The van der Waals surface area contributed by atoms with Crippen molar-refractivity contribution in [1.29, 1.82) is 0 Å². The predicted molar refractivity (Wildman–Crippen MR) is 82.7 cm³/mol. The van der Waals surface area contributed by atoms with Crippen LogP contribution >= 0.6 is 0 Å². The van der Waals surface area contributed by atoms with Crippen molar-refractivity contribution in [2.45, 2.75) is 6.92 Å². The molecule has 0 aromatic heterocycles. The molecule has 110 valence electrons. The van der Waals surface area contributed by atoms with E-state index in [1.165, 1.54) is 6.07 Å². The minimum atomic E-state index is -0.402. The van der Waals surface area contributed by atoms with E-state index < -0.39 is 4.92 Å². The molecule has 0 aliphatic rings. The van der Waals surface area contributed by atoms with Crippen molar-refractivity contribution in [3.8, 4) is 5.75 Å². The summed E-state index contributed by atoms with van der Waals surface area (Å²) >= 11 is 0. The number of nitro benzene ring substituents is 1. The quantitative estimate of drug-likeness (QED) is 0.369. The Morgan fingerprint density at radius 1 is 1.24 bits per heavy atom. The normalized spacial score (nSPS) is 10.1. The minimum absolute atomic E-state index is 0.0937. The molecular weight excluding hydrogens is 270 g/mol. The number of anilines is 2. The van der Waals surface area contributed by atoms with E-state index in [1.54, 1.807) is 24.3 Å². The van der Waals surface area contributed by atoms with Crippen LogP contribution in [0.1, 0.15) is 5.56 Å². The average Bonchev–Trinajstić information content (AvgIpc) is 2.46. The fourth-order valence-corrected chi connectivity index (χ4v) is 1.88. The highest BCUT2D eigenvalue weighted by molar-refractivity contribution is 5.55. The zero-order valence-electron chi connectivity index (χ0n) is 11.7. The molecule has 0 bridgehead atoms. The lowest BCUT2D eigenvalue weighted by Gasteiger charge is -2.10. The third kappa shape index (κ3) is 4.10. The Balaban J connectivity index is 1.83. The average molecular weight is 287 g/mol. The molecule has 2 aromatic rings. The number of nitrogens with one attached hydrogen (secondary N) is 1. The van der Waals surface area contributed by atoms with Crippen molar-refractivity contribution in [2.24, 2.45) is 0 Å². The number of non-ortho nitro benzene ring substituents is 1. The second-order valence-corrected chi connectivity index (χ2v) is 4.60. The second kappa shape index (κ2) is 6.60. The number of nitrogens with zero attached hydrogens (tertiary/aromatic N) is 1. The summed E-state index contributed by atoms with van der Waals surface area (Å²) in [6.45, 7) is 2.92. The number of benzene rings is 2. The maximum Gasteiger partial charge on any atom is 0.269 e. The first-order chi connectivity index (χ1) is 10.1. The van der Waals surface area contributed by atoms with E-state index in [4.69, 9.17) is 10.5 Å². The fourth-order valence-electron chi connectivity index (χ4n) is 1.88. The molecule has 6 heteroatoms. The number of nitro groups is 1. The molecule has 0 spiro atoms. The van der Waals surface area contributed by atoms with E-state index in [1.807, 2.05) is 19.1 Å². The van der Waals surface area contributed by atoms with Crippen molar-refractivity contribution >= 4 is 17.1 Å². The summed E-state index contributed by atoms with van der Waals surface area (Å²) in [7, 11) is 0. The van der Waals surface area contributed by atoms with Gasteiger partial charge in [-0.15, -0.1) is 0 Å². The number of hydrogen-bond acceptors (Lipinski definition) is 5. The van der Waals surface area contributed by atoms with Gasteiger partial charge < -0.3 is 15.8 Å². The van der Waals surface area contributed by atoms with Crippen LogP contribution in [0.4, 0.5) is 17.1 Å². The molecule has 0 atom stereocenters. The molecule has 2 aromatic carbocycles. The lowest BCUT2D eigenvalue weighted by Crippen LogP contribution is -2.12. The summed E-state index contributed by atoms with van der Waals surface area (Å²) in [4.78, 5) is 10.3. The zero-order chi connectivity index (χ0) is 15.2. The van der Waals surface area contributed by atoms with Gasteiger partial charge in [-0.2, -0.15) is 0 Å². The molecule has 0 heterocycles. The van der Waals surface area contributed by atoms with Gasteiger partial charge in [0.1, 0.15) is 12.4 Å². The predicted octanol–water partition coefficient (Wildman–Crippen LogP) is 2.98. The maximum atomic E-state index is 10.7. The van der Waals surface area contributed by atoms with Crippen LogP contribution in [-0.2, 0) is 0 Å². The van der Waals surface area contributed by atoms with Crippen LogP contribution in [0.3, 0.4) is 0 Å². The lowest BCUT2D eigenvalue weighted by molar-refractivity contribution is -0.384. The Morgan fingerprint density at radius 2 is 1.95 bits per heavy atom. The van der Waals surface area contributed by atoms with Gasteiger partial charge in [-0.05, 0) is 42.8 Å². The molecule has 0 radical (unpaired) electrons. The monoisotopic (exact) mass is 287 g/mol. The van der Waals surface area contributed by atoms with E-state index in [9.17, 15) is 10.1 Å². The summed E-state index contributed by atoms with van der Waals surface area (Å²) in [5.74, 6) is 0.756. The third-order valence-corrected chi connectivity index (χ3v) is 2.99. The molecule has 0 aliphatic heterocycles. The second-order valence-electron chi connectivity index (χ2n) is 4.60. The molecular formula is C15H17N3O3. The topological polar surface area (TPSA) is 90.4 Å². The molecule has 0 aliphatic carbocycles. The molecule has 21 heavy (non-hydrogen) atoms. The van der Waals surface area contributed by atoms with E-state index in [0.717, 1.165) is 17.0 Å². The first-order valence-corrected chi connectivity index (χ1v) is 6.53. The van der Waals surface area contributed by atoms with E-state index >= 15 is 0 Å².